The van der Waals surface area contributed by atoms with Crippen molar-refractivity contribution in [2.75, 3.05) is 11.9 Å². The lowest BCUT2D eigenvalue weighted by Gasteiger charge is -2.03. The second-order valence-corrected chi connectivity index (χ2v) is 4.04. The fourth-order valence-corrected chi connectivity index (χ4v) is 1.84. The first-order chi connectivity index (χ1) is 7.88. The number of hydrogen-bond acceptors (Lipinski definition) is 4. The van der Waals surface area contributed by atoms with E-state index in [9.17, 15) is 0 Å². The summed E-state index contributed by atoms with van der Waals surface area (Å²) in [4.78, 5) is 5.14. The molecular weight excluding hydrogens is 220 g/mol. The normalized spacial score (nSPS) is 9.69. The zero-order valence-electron chi connectivity index (χ0n) is 8.47. The standard InChI is InChI=1S/C11H10N4S/c1-2-7-12-9-3-5-10(6-4-9)16-11-13-8-14-15-11/h1,3-6,8,12H,7H2,(H,13,14,15). The van der Waals surface area contributed by atoms with Crippen LogP contribution in [0.15, 0.2) is 40.6 Å². The minimum absolute atomic E-state index is 0.536. The Morgan fingerprint density at radius 3 is 2.81 bits per heavy atom. The molecule has 2 N–H and O–H groups in total. The summed E-state index contributed by atoms with van der Waals surface area (Å²) in [5.74, 6) is 2.53. The Morgan fingerprint density at radius 1 is 1.38 bits per heavy atom. The Labute approximate surface area is 97.9 Å². The van der Waals surface area contributed by atoms with E-state index in [0.717, 1.165) is 15.7 Å². The van der Waals surface area contributed by atoms with Gasteiger partial charge in [0.2, 0.25) is 0 Å². The Kier molecular flexibility index (Phi) is 3.46. The monoisotopic (exact) mass is 230 g/mol. The van der Waals surface area contributed by atoms with Crippen LogP contribution in [0.3, 0.4) is 0 Å². The largest absolute Gasteiger partial charge is 0.374 e. The minimum Gasteiger partial charge on any atom is -0.374 e. The summed E-state index contributed by atoms with van der Waals surface area (Å²) in [5, 5.41) is 10.5. The van der Waals surface area contributed by atoms with Crippen LogP contribution in [0.25, 0.3) is 0 Å². The molecule has 1 aromatic carbocycles. The lowest BCUT2D eigenvalue weighted by molar-refractivity contribution is 0.973. The molecule has 1 aromatic heterocycles. The maximum Gasteiger partial charge on any atom is 0.188 e. The molecule has 0 unspecified atom stereocenters. The molecule has 0 aliphatic carbocycles. The van der Waals surface area contributed by atoms with Gasteiger partial charge in [0, 0.05) is 10.6 Å². The van der Waals surface area contributed by atoms with Gasteiger partial charge in [-0.1, -0.05) is 17.7 Å². The summed E-state index contributed by atoms with van der Waals surface area (Å²) < 4.78 is 0. The molecule has 1 heterocycles. The van der Waals surface area contributed by atoms with Crippen molar-refractivity contribution in [3.05, 3.63) is 30.6 Å². The Balaban J connectivity index is 2.00. The molecule has 16 heavy (non-hydrogen) atoms. The van der Waals surface area contributed by atoms with E-state index in [0.29, 0.717) is 6.54 Å². The zero-order valence-corrected chi connectivity index (χ0v) is 9.29. The minimum atomic E-state index is 0.536. The van der Waals surface area contributed by atoms with Crippen LogP contribution in [-0.2, 0) is 0 Å². The average molecular weight is 230 g/mol. The summed E-state index contributed by atoms with van der Waals surface area (Å²) in [5.41, 5.74) is 1.01. The van der Waals surface area contributed by atoms with Crippen molar-refractivity contribution < 1.29 is 0 Å². The quantitative estimate of drug-likeness (QED) is 0.789. The van der Waals surface area contributed by atoms with Gasteiger partial charge in [0.1, 0.15) is 6.33 Å². The van der Waals surface area contributed by atoms with E-state index in [1.807, 2.05) is 24.3 Å². The second-order valence-electron chi connectivity index (χ2n) is 2.97. The maximum absolute atomic E-state index is 5.16. The summed E-state index contributed by atoms with van der Waals surface area (Å²) in [7, 11) is 0. The van der Waals surface area contributed by atoms with E-state index in [1.54, 1.807) is 0 Å². The lowest BCUT2D eigenvalue weighted by Crippen LogP contribution is -1.97. The number of hydrogen-bond donors (Lipinski definition) is 2. The van der Waals surface area contributed by atoms with E-state index in [4.69, 9.17) is 6.42 Å². The van der Waals surface area contributed by atoms with Crippen molar-refractivity contribution >= 4 is 17.4 Å². The molecule has 0 fully saturated rings. The molecule has 0 saturated carbocycles. The highest BCUT2D eigenvalue weighted by molar-refractivity contribution is 7.99. The highest BCUT2D eigenvalue weighted by atomic mass is 32.2. The van der Waals surface area contributed by atoms with Gasteiger partial charge in [-0.15, -0.1) is 6.42 Å². The third-order valence-corrected chi connectivity index (χ3v) is 2.75. The number of rotatable bonds is 4. The molecular formula is C11H10N4S. The van der Waals surface area contributed by atoms with E-state index >= 15 is 0 Å². The van der Waals surface area contributed by atoms with Crippen molar-refractivity contribution in [1.82, 2.24) is 15.2 Å². The van der Waals surface area contributed by atoms with Gasteiger partial charge in [-0.05, 0) is 24.3 Å². The third-order valence-electron chi connectivity index (χ3n) is 1.86. The Morgan fingerprint density at radius 2 is 2.19 bits per heavy atom. The zero-order chi connectivity index (χ0) is 11.2. The van der Waals surface area contributed by atoms with Gasteiger partial charge in [-0.3, -0.25) is 5.10 Å². The molecule has 0 radical (unpaired) electrons. The number of terminal acetylenes is 1. The van der Waals surface area contributed by atoms with Crippen LogP contribution in [0.1, 0.15) is 0 Å². The van der Waals surface area contributed by atoms with Gasteiger partial charge in [-0.2, -0.15) is 5.10 Å². The first-order valence-electron chi connectivity index (χ1n) is 4.69. The number of H-pyrrole nitrogens is 1. The van der Waals surface area contributed by atoms with Crippen LogP contribution in [0.2, 0.25) is 0 Å². The number of aromatic nitrogens is 3. The van der Waals surface area contributed by atoms with Gasteiger partial charge in [0.15, 0.2) is 5.16 Å². The van der Waals surface area contributed by atoms with Crippen molar-refractivity contribution in [3.63, 3.8) is 0 Å². The SMILES string of the molecule is C#CCNc1ccc(Sc2ncn[nH]2)cc1. The molecule has 0 spiro atoms. The Bertz CT molecular complexity index is 470. The summed E-state index contributed by atoms with van der Waals surface area (Å²) >= 11 is 1.53. The maximum atomic E-state index is 5.16. The number of aromatic amines is 1. The number of benzene rings is 1. The smallest absolute Gasteiger partial charge is 0.188 e. The molecule has 5 heteroatoms. The molecule has 2 aromatic rings. The van der Waals surface area contributed by atoms with E-state index in [-0.39, 0.29) is 0 Å². The summed E-state index contributed by atoms with van der Waals surface area (Å²) in [6, 6.07) is 7.98. The number of nitrogens with one attached hydrogen (secondary N) is 2. The van der Waals surface area contributed by atoms with Crippen LogP contribution >= 0.6 is 11.8 Å². The van der Waals surface area contributed by atoms with Crippen molar-refractivity contribution in [2.24, 2.45) is 0 Å². The van der Waals surface area contributed by atoms with E-state index in [1.165, 1.54) is 18.1 Å². The molecule has 0 atom stereocenters. The van der Waals surface area contributed by atoms with Crippen LogP contribution in [0.5, 0.6) is 0 Å². The van der Waals surface area contributed by atoms with Gasteiger partial charge in [0.25, 0.3) is 0 Å². The van der Waals surface area contributed by atoms with E-state index < -0.39 is 0 Å². The van der Waals surface area contributed by atoms with Crippen LogP contribution in [0, 0.1) is 12.3 Å². The third kappa shape index (κ3) is 2.78. The molecule has 0 aliphatic heterocycles. The van der Waals surface area contributed by atoms with Gasteiger partial charge >= 0.3 is 0 Å². The van der Waals surface area contributed by atoms with Crippen LogP contribution in [-0.4, -0.2) is 21.7 Å². The fraction of sp³-hybridized carbons (Fsp3) is 0.0909. The van der Waals surface area contributed by atoms with Crippen LogP contribution < -0.4 is 5.32 Å². The average Bonchev–Trinajstić information content (AvgIpc) is 2.81. The highest BCUT2D eigenvalue weighted by Gasteiger charge is 1.99. The first kappa shape index (κ1) is 10.6. The van der Waals surface area contributed by atoms with E-state index in [2.05, 4.69) is 26.4 Å². The fourth-order valence-electron chi connectivity index (χ4n) is 1.15. The van der Waals surface area contributed by atoms with Gasteiger partial charge in [0.05, 0.1) is 6.54 Å². The molecule has 0 saturated heterocycles. The molecule has 0 aliphatic rings. The predicted octanol–water partition coefficient (Wildman–Crippen LogP) is 2.00. The predicted molar refractivity (Wildman–Crippen MR) is 64.3 cm³/mol. The Hall–Kier alpha value is -1.93. The molecule has 0 amide bonds. The molecule has 80 valence electrons. The topological polar surface area (TPSA) is 53.6 Å². The molecule has 0 bridgehead atoms. The second kappa shape index (κ2) is 5.24. The van der Waals surface area contributed by atoms with Crippen LogP contribution in [0.4, 0.5) is 5.69 Å². The summed E-state index contributed by atoms with van der Waals surface area (Å²) in [6.07, 6.45) is 6.65. The molecule has 4 nitrogen and oxygen atoms in total. The van der Waals surface area contributed by atoms with Crippen molar-refractivity contribution in [1.29, 1.82) is 0 Å². The molecule has 2 rings (SSSR count). The number of anilines is 1. The van der Waals surface area contributed by atoms with Crippen molar-refractivity contribution in [3.8, 4) is 12.3 Å². The lowest BCUT2D eigenvalue weighted by atomic mass is 10.3. The van der Waals surface area contributed by atoms with Gasteiger partial charge < -0.3 is 5.32 Å². The first-order valence-corrected chi connectivity index (χ1v) is 5.51. The summed E-state index contributed by atoms with van der Waals surface area (Å²) in [6.45, 7) is 0.536. The van der Waals surface area contributed by atoms with Gasteiger partial charge in [-0.25, -0.2) is 4.98 Å². The highest BCUT2D eigenvalue weighted by Crippen LogP contribution is 2.24. The van der Waals surface area contributed by atoms with Crippen molar-refractivity contribution in [2.45, 2.75) is 10.1 Å². The number of nitrogens with zero attached hydrogens (tertiary/aromatic N) is 2.